The zero-order valence-corrected chi connectivity index (χ0v) is 82.7. The smallest absolute Gasteiger partial charge is 0.240 e. The fourth-order valence-corrected chi connectivity index (χ4v) is 16.5. The molecule has 0 heterocycles. The molecular formula is C110H120N16O16. The lowest BCUT2D eigenvalue weighted by molar-refractivity contribution is -0.121. The maximum Gasteiger partial charge on any atom is 0.240 e. The minimum Gasteiger partial charge on any atom is -0.356 e. The van der Waals surface area contributed by atoms with Crippen molar-refractivity contribution >= 4 is 164 Å². The molecule has 2 aliphatic carbocycles. The van der Waals surface area contributed by atoms with Crippen LogP contribution in [0.3, 0.4) is 0 Å². The first-order chi connectivity index (χ1) is 67.5. The van der Waals surface area contributed by atoms with E-state index in [1.54, 1.807) is 111 Å². The van der Waals surface area contributed by atoms with Gasteiger partial charge in [0, 0.05) is 109 Å². The van der Waals surface area contributed by atoms with Crippen LogP contribution in [0, 0.1) is 35.5 Å². The molecular weight excluding hydrogens is 1800 g/mol. The molecule has 2 saturated carbocycles. The number of hydrogen-bond donors (Lipinski definition) is 8. The van der Waals surface area contributed by atoms with Crippen LogP contribution in [0.25, 0.3) is 0 Å². The predicted octanol–water partition coefficient (Wildman–Crippen LogP) is 20.7. The van der Waals surface area contributed by atoms with Gasteiger partial charge < -0.3 is 42.5 Å². The molecule has 0 aromatic heterocycles. The van der Waals surface area contributed by atoms with E-state index in [1.165, 1.54) is 72.8 Å². The van der Waals surface area contributed by atoms with E-state index in [-0.39, 0.29) is 81.0 Å². The Hall–Kier alpha value is -17.0. The van der Waals surface area contributed by atoms with Crippen molar-refractivity contribution in [3.05, 3.63) is 286 Å². The third-order valence-electron chi connectivity index (χ3n) is 21.6. The maximum absolute atomic E-state index is 11.2. The average molecular weight is 1920 g/mol. The number of anilines is 6. The highest BCUT2D eigenvalue weighted by atomic mass is 16.2. The number of amides is 8. The van der Waals surface area contributed by atoms with Crippen LogP contribution in [0.2, 0.25) is 0 Å². The number of nitrogens with one attached hydrogen (secondary N) is 8. The van der Waals surface area contributed by atoms with Crippen molar-refractivity contribution in [3.8, 4) is 0 Å². The van der Waals surface area contributed by atoms with Crippen LogP contribution in [-0.4, -0.2) is 121 Å². The summed E-state index contributed by atoms with van der Waals surface area (Å²) < 4.78 is 0. The standard InChI is InChI=1S/4C16H14N2O2.2C13H22N2O2.2C10H10N2O2/c1-12(20)18-16-8-4-14(5-9-16)10-13-2-6-15(7-3-13)17-11-19;1-12(20)18-16-9-5-3-7-14(16)10-13-6-2-4-8-15(13)17-11-19;1-12(20)18-15-8-6-13(7-9-15)10-14-4-2-3-5-16(14)17-11-19;1-12(20)18-16-5-3-2-4-14(16)10-13-6-8-15(9-7-13)17-11-19;1-10(17)14-8-13(4)6-11(15-9-16)5-12(2,3)7-13;1-10(17)15-11-5-12(2,3)7-13(4,6-11)8-14-9-16;1-7-3-4-9(11-6-13)5-10(7)12-8(2)14;1-7-9(11-6-13)4-3-5-10(7)12-8(2)14/h4*2-9H,10H2,1H3,(H,18,20);11H,5-8H2,1-4H3,(H,14,17);11H,5-8H2,1-4H3,(H,15,17);2*3-5H,1-2H3,(H,12,14). The lowest BCUT2D eigenvalue weighted by Crippen LogP contribution is -2.47. The molecule has 0 spiro atoms. The Labute approximate surface area is 826 Å². The molecule has 8 amide bonds. The molecule has 142 heavy (non-hydrogen) atoms. The summed E-state index contributed by atoms with van der Waals surface area (Å²) >= 11 is 0. The van der Waals surface area contributed by atoms with Crippen molar-refractivity contribution in [1.82, 2.24) is 10.6 Å². The molecule has 10 aromatic carbocycles. The number of para-hydroxylation sites is 4. The maximum atomic E-state index is 11.2. The molecule has 32 nitrogen and oxygen atoms in total. The lowest BCUT2D eigenvalue weighted by atomic mass is 9.62. The van der Waals surface area contributed by atoms with Crippen LogP contribution in [-0.2, 0) is 102 Å². The molecule has 2 fully saturated rings. The monoisotopic (exact) mass is 1920 g/mol. The van der Waals surface area contributed by atoms with Crippen LogP contribution >= 0.6 is 0 Å². The normalized spacial score (nSPS) is 14.7. The second-order valence-corrected chi connectivity index (χ2v) is 36.0. The second-order valence-electron chi connectivity index (χ2n) is 36.0. The van der Waals surface area contributed by atoms with Crippen LogP contribution in [0.1, 0.15) is 191 Å². The number of benzene rings is 10. The summed E-state index contributed by atoms with van der Waals surface area (Å²) in [4.78, 5) is 199. The second kappa shape index (κ2) is 59.9. The molecule has 0 aliphatic heterocycles. The Kier molecular flexibility index (Phi) is 48.7. The van der Waals surface area contributed by atoms with E-state index in [0.29, 0.717) is 77.9 Å². The van der Waals surface area contributed by atoms with Gasteiger partial charge in [-0.05, 0) is 246 Å². The van der Waals surface area contributed by atoms with E-state index >= 15 is 0 Å². The van der Waals surface area contributed by atoms with Gasteiger partial charge in [-0.2, -0.15) is 30.0 Å². The first kappa shape index (κ1) is 115. The largest absolute Gasteiger partial charge is 0.356 e. The van der Waals surface area contributed by atoms with Gasteiger partial charge in [0.05, 0.1) is 46.7 Å². The fraction of sp³-hybridized carbons (Fsp3) is 0.309. The molecule has 8 N–H and O–H groups in total. The van der Waals surface area contributed by atoms with Gasteiger partial charge in [0.15, 0.2) is 0 Å². The highest BCUT2D eigenvalue weighted by molar-refractivity contribution is 5.93. The summed E-state index contributed by atoms with van der Waals surface area (Å²) in [5.74, 6) is -0.683. The third kappa shape index (κ3) is 44.9. The Morgan fingerprint density at radius 1 is 0.317 bits per heavy atom. The SMILES string of the molecule is CC(=O)NC1CC(C)(C)CC(C)(CN=C=O)C1.CC(=O)NCC1(C)CC(N=C=O)CC(C)(C)C1.CC(=O)Nc1cc(N=C=O)ccc1C.CC(=O)Nc1ccc(Cc2ccc(N=C=O)cc2)cc1.CC(=O)Nc1ccc(Cc2ccccc2N=C=O)cc1.CC(=O)Nc1cccc(N=C=O)c1C.CC(=O)Nc1ccccc1Cc1ccc(N=C=O)cc1.CC(=O)Nc1ccccc1Cc1ccccc1N=C=O. The van der Waals surface area contributed by atoms with Crippen LogP contribution in [0.15, 0.2) is 270 Å². The zero-order valence-electron chi connectivity index (χ0n) is 82.7. The van der Waals surface area contributed by atoms with Gasteiger partial charge in [0.2, 0.25) is 95.9 Å². The molecule has 0 bridgehead atoms. The number of isocyanates is 8. The van der Waals surface area contributed by atoms with Crippen molar-refractivity contribution < 1.29 is 76.7 Å². The van der Waals surface area contributed by atoms with E-state index in [1.807, 2.05) is 165 Å². The van der Waals surface area contributed by atoms with E-state index in [4.69, 9.17) is 0 Å². The van der Waals surface area contributed by atoms with Crippen molar-refractivity contribution in [3.63, 3.8) is 0 Å². The lowest BCUT2D eigenvalue weighted by Gasteiger charge is -2.46. The molecule has 736 valence electrons. The van der Waals surface area contributed by atoms with Crippen molar-refractivity contribution in [2.45, 2.75) is 187 Å². The van der Waals surface area contributed by atoms with Gasteiger partial charge in [-0.25, -0.2) is 48.3 Å². The molecule has 32 heteroatoms. The predicted molar refractivity (Wildman–Crippen MR) is 550 cm³/mol. The van der Waals surface area contributed by atoms with Gasteiger partial charge in [0.25, 0.3) is 0 Å². The molecule has 4 unspecified atom stereocenters. The van der Waals surface area contributed by atoms with Gasteiger partial charge in [-0.15, -0.1) is 0 Å². The van der Waals surface area contributed by atoms with Crippen LogP contribution in [0.4, 0.5) is 68.2 Å². The summed E-state index contributed by atoms with van der Waals surface area (Å²) in [7, 11) is 0. The Balaban J connectivity index is 0.000000287. The number of hydrogen-bond acceptors (Lipinski definition) is 24. The minimum atomic E-state index is -0.152. The van der Waals surface area contributed by atoms with Gasteiger partial charge in [-0.3, -0.25) is 38.4 Å². The first-order valence-corrected chi connectivity index (χ1v) is 45.2. The topological polar surface area (TPSA) is 468 Å². The number of aryl methyl sites for hydroxylation is 1. The van der Waals surface area contributed by atoms with E-state index < -0.39 is 0 Å². The molecule has 2 aliphatic rings. The summed E-state index contributed by atoms with van der Waals surface area (Å²) in [6.45, 7) is 29.7. The first-order valence-electron chi connectivity index (χ1n) is 45.2. The molecule has 10 aromatic rings. The van der Waals surface area contributed by atoms with Gasteiger partial charge in [-0.1, -0.05) is 175 Å². The number of nitrogens with zero attached hydrogens (tertiary/aromatic N) is 8. The van der Waals surface area contributed by atoms with Crippen molar-refractivity contribution in [2.24, 2.45) is 61.6 Å². The number of carbonyl (C=O) groups is 8. The molecule has 4 atom stereocenters. The van der Waals surface area contributed by atoms with E-state index in [0.717, 1.165) is 123 Å². The van der Waals surface area contributed by atoms with Crippen molar-refractivity contribution in [2.75, 3.05) is 45.0 Å². The minimum absolute atomic E-state index is 0.00828. The quantitative estimate of drug-likeness (QED) is 0.0184. The van der Waals surface area contributed by atoms with Gasteiger partial charge >= 0.3 is 0 Å². The molecule has 0 saturated heterocycles. The van der Waals surface area contributed by atoms with E-state index in [2.05, 4.69) is 124 Å². The average Bonchev–Trinajstić information content (AvgIpc) is 0.798. The molecule has 12 rings (SSSR count). The highest BCUT2D eigenvalue weighted by Gasteiger charge is 2.43. The molecule has 0 radical (unpaired) electrons. The fourth-order valence-electron chi connectivity index (χ4n) is 16.5. The number of rotatable bonds is 26. The third-order valence-corrected chi connectivity index (χ3v) is 21.6. The van der Waals surface area contributed by atoms with Crippen LogP contribution < -0.4 is 42.5 Å². The van der Waals surface area contributed by atoms with Crippen LogP contribution in [0.5, 0.6) is 0 Å². The summed E-state index contributed by atoms with van der Waals surface area (Å²) in [6, 6.07) is 70.6. The Bertz CT molecular complexity index is 6400. The highest BCUT2D eigenvalue weighted by Crippen LogP contribution is 2.48. The number of carbonyl (C=O) groups excluding carboxylic acids is 16. The van der Waals surface area contributed by atoms with Gasteiger partial charge in [0.1, 0.15) is 0 Å². The Morgan fingerprint density at radius 3 is 1.13 bits per heavy atom. The summed E-state index contributed by atoms with van der Waals surface area (Å²) in [5.41, 5.74) is 18.2. The summed E-state index contributed by atoms with van der Waals surface area (Å²) in [6.07, 6.45) is 20.7. The zero-order chi connectivity index (χ0) is 105. The Morgan fingerprint density at radius 2 is 0.683 bits per heavy atom. The van der Waals surface area contributed by atoms with E-state index in [9.17, 15) is 76.7 Å². The summed E-state index contributed by atoms with van der Waals surface area (Å²) in [5, 5.41) is 22.2. The van der Waals surface area contributed by atoms with Crippen molar-refractivity contribution in [1.29, 1.82) is 0 Å². The number of aliphatic imine (C=N–C) groups is 8.